The molecule has 0 saturated heterocycles. The van der Waals surface area contributed by atoms with E-state index in [-0.39, 0.29) is 18.0 Å². The molecule has 0 radical (unpaired) electrons. The Morgan fingerprint density at radius 1 is 1.42 bits per heavy atom. The molecule has 1 aromatic heterocycles. The van der Waals surface area contributed by atoms with Crippen molar-refractivity contribution in [3.8, 4) is 0 Å². The molecule has 0 aliphatic carbocycles. The lowest BCUT2D eigenvalue weighted by atomic mass is 10.1. The molecule has 1 amide bonds. The van der Waals surface area contributed by atoms with Crippen LogP contribution >= 0.6 is 0 Å². The minimum Gasteiger partial charge on any atom is -0.334 e. The molecule has 0 spiro atoms. The molecule has 2 aromatic rings. The molecule has 0 aliphatic rings. The highest BCUT2D eigenvalue weighted by atomic mass is 19.1. The van der Waals surface area contributed by atoms with Crippen molar-refractivity contribution in [1.82, 2.24) is 20.1 Å². The highest BCUT2D eigenvalue weighted by Gasteiger charge is 2.18. The number of benzene rings is 1. The fourth-order valence-electron chi connectivity index (χ4n) is 1.76. The Morgan fingerprint density at radius 2 is 2.16 bits per heavy atom. The van der Waals surface area contributed by atoms with Gasteiger partial charge in [0.2, 0.25) is 0 Å². The normalized spacial score (nSPS) is 10.5. The van der Waals surface area contributed by atoms with Gasteiger partial charge in [-0.25, -0.2) is 9.37 Å². The van der Waals surface area contributed by atoms with Crippen LogP contribution in [0.3, 0.4) is 0 Å². The molecular formula is C13H15FN4O. The number of carbonyl (C=O) groups is 1. The lowest BCUT2D eigenvalue weighted by molar-refractivity contribution is 0.0777. The number of nitrogens with zero attached hydrogens (tertiary/aromatic N) is 3. The number of H-pyrrole nitrogens is 1. The van der Waals surface area contributed by atoms with Gasteiger partial charge in [0.15, 0.2) is 5.82 Å². The third-order valence-corrected chi connectivity index (χ3v) is 2.79. The number of carbonyl (C=O) groups excluding carboxylic acids is 1. The van der Waals surface area contributed by atoms with Gasteiger partial charge in [0.25, 0.3) is 5.91 Å². The van der Waals surface area contributed by atoms with Crippen LogP contribution in [0.25, 0.3) is 0 Å². The van der Waals surface area contributed by atoms with E-state index in [1.54, 1.807) is 33.0 Å². The molecule has 6 heteroatoms. The summed E-state index contributed by atoms with van der Waals surface area (Å²) in [4.78, 5) is 17.7. The number of aromatic nitrogens is 3. The zero-order valence-electron chi connectivity index (χ0n) is 11.1. The molecule has 100 valence electrons. The molecule has 0 bridgehead atoms. The Balaban J connectivity index is 2.17. The monoisotopic (exact) mass is 262 g/mol. The quantitative estimate of drug-likeness (QED) is 0.918. The number of aromatic amines is 1. The second-order valence-corrected chi connectivity index (χ2v) is 4.43. The predicted molar refractivity (Wildman–Crippen MR) is 68.1 cm³/mol. The fourth-order valence-corrected chi connectivity index (χ4v) is 1.76. The number of rotatable bonds is 3. The second kappa shape index (κ2) is 5.17. The molecule has 1 aromatic carbocycles. The van der Waals surface area contributed by atoms with Gasteiger partial charge in [0, 0.05) is 7.05 Å². The Hall–Kier alpha value is -2.24. The highest BCUT2D eigenvalue weighted by Crippen LogP contribution is 2.14. The summed E-state index contributed by atoms with van der Waals surface area (Å²) in [7, 11) is 1.59. The van der Waals surface area contributed by atoms with Crippen molar-refractivity contribution in [2.75, 3.05) is 7.05 Å². The summed E-state index contributed by atoms with van der Waals surface area (Å²) >= 11 is 0. The Morgan fingerprint density at radius 3 is 2.79 bits per heavy atom. The van der Waals surface area contributed by atoms with Crippen molar-refractivity contribution >= 4 is 5.91 Å². The summed E-state index contributed by atoms with van der Waals surface area (Å²) in [6.45, 7) is 3.64. The van der Waals surface area contributed by atoms with Crippen LogP contribution in [0.2, 0.25) is 0 Å². The van der Waals surface area contributed by atoms with Crippen molar-refractivity contribution in [3.05, 3.63) is 46.8 Å². The molecule has 1 heterocycles. The van der Waals surface area contributed by atoms with Crippen LogP contribution in [0.5, 0.6) is 0 Å². The summed E-state index contributed by atoms with van der Waals surface area (Å²) in [6.07, 6.45) is 0. The molecule has 1 N–H and O–H groups in total. The molecule has 0 saturated carbocycles. The first-order valence-corrected chi connectivity index (χ1v) is 5.87. The fraction of sp³-hybridized carbons (Fsp3) is 0.308. The van der Waals surface area contributed by atoms with Crippen LogP contribution in [-0.2, 0) is 6.54 Å². The average Bonchev–Trinajstić information content (AvgIpc) is 2.77. The summed E-state index contributed by atoms with van der Waals surface area (Å²) in [6, 6.07) is 4.77. The van der Waals surface area contributed by atoms with E-state index in [1.165, 1.54) is 11.0 Å². The maximum Gasteiger partial charge on any atom is 0.256 e. The number of amides is 1. The molecule has 0 atom stereocenters. The molecule has 0 unspecified atom stereocenters. The Kier molecular flexibility index (Phi) is 3.59. The third kappa shape index (κ3) is 2.78. The van der Waals surface area contributed by atoms with Gasteiger partial charge in [0.1, 0.15) is 11.6 Å². The maximum atomic E-state index is 13.9. The average molecular weight is 262 g/mol. The van der Waals surface area contributed by atoms with Crippen molar-refractivity contribution < 1.29 is 9.18 Å². The van der Waals surface area contributed by atoms with Gasteiger partial charge >= 0.3 is 0 Å². The molecule has 0 fully saturated rings. The maximum absolute atomic E-state index is 13.9. The molecular weight excluding hydrogens is 247 g/mol. The van der Waals surface area contributed by atoms with Crippen molar-refractivity contribution in [1.29, 1.82) is 0 Å². The Bertz CT molecular complexity index is 608. The van der Waals surface area contributed by atoms with Gasteiger partial charge in [-0.1, -0.05) is 12.1 Å². The number of aryl methyl sites for hydroxylation is 2. The number of nitrogens with one attached hydrogen (secondary N) is 1. The van der Waals surface area contributed by atoms with Gasteiger partial charge in [-0.2, -0.15) is 5.10 Å². The van der Waals surface area contributed by atoms with Crippen LogP contribution in [0, 0.1) is 19.7 Å². The topological polar surface area (TPSA) is 61.9 Å². The van der Waals surface area contributed by atoms with E-state index in [9.17, 15) is 9.18 Å². The first kappa shape index (κ1) is 13.2. The van der Waals surface area contributed by atoms with E-state index >= 15 is 0 Å². The van der Waals surface area contributed by atoms with Crippen LogP contribution < -0.4 is 0 Å². The summed E-state index contributed by atoms with van der Waals surface area (Å²) < 4.78 is 13.9. The van der Waals surface area contributed by atoms with E-state index in [2.05, 4.69) is 15.2 Å². The first-order valence-electron chi connectivity index (χ1n) is 5.87. The van der Waals surface area contributed by atoms with E-state index < -0.39 is 5.82 Å². The van der Waals surface area contributed by atoms with Gasteiger partial charge in [-0.3, -0.25) is 9.89 Å². The lowest BCUT2D eigenvalue weighted by Gasteiger charge is -2.16. The molecule has 0 aliphatic heterocycles. The lowest BCUT2D eigenvalue weighted by Crippen LogP contribution is -2.27. The summed E-state index contributed by atoms with van der Waals surface area (Å²) in [5, 5.41) is 6.65. The van der Waals surface area contributed by atoms with Gasteiger partial charge < -0.3 is 4.90 Å². The predicted octanol–water partition coefficient (Wildman–Crippen LogP) is 1.83. The van der Waals surface area contributed by atoms with Crippen molar-refractivity contribution in [2.45, 2.75) is 20.4 Å². The zero-order valence-corrected chi connectivity index (χ0v) is 11.1. The zero-order chi connectivity index (χ0) is 14.0. The minimum absolute atomic E-state index is 0.0646. The van der Waals surface area contributed by atoms with Crippen LogP contribution in [-0.4, -0.2) is 33.0 Å². The summed E-state index contributed by atoms with van der Waals surface area (Å²) in [5.41, 5.74) is 0.516. The van der Waals surface area contributed by atoms with Gasteiger partial charge in [0.05, 0.1) is 12.1 Å². The highest BCUT2D eigenvalue weighted by molar-refractivity contribution is 5.94. The third-order valence-electron chi connectivity index (χ3n) is 2.79. The number of hydrogen-bond donors (Lipinski definition) is 1. The van der Waals surface area contributed by atoms with Crippen LogP contribution in [0.15, 0.2) is 18.2 Å². The number of halogens is 1. The summed E-state index contributed by atoms with van der Waals surface area (Å²) in [5.74, 6) is 0.313. The van der Waals surface area contributed by atoms with Crippen molar-refractivity contribution in [2.24, 2.45) is 0 Å². The smallest absolute Gasteiger partial charge is 0.256 e. The van der Waals surface area contributed by atoms with Gasteiger partial charge in [-0.05, 0) is 25.5 Å². The van der Waals surface area contributed by atoms with E-state index in [0.29, 0.717) is 17.2 Å². The molecule has 5 nitrogen and oxygen atoms in total. The van der Waals surface area contributed by atoms with Crippen molar-refractivity contribution in [3.63, 3.8) is 0 Å². The van der Waals surface area contributed by atoms with Crippen LogP contribution in [0.1, 0.15) is 27.6 Å². The SMILES string of the molecule is Cc1nc(CN(C)C(=O)c2cccc(C)c2F)n[nH]1. The molecule has 2 rings (SSSR count). The first-order chi connectivity index (χ1) is 8.99. The Labute approximate surface area is 110 Å². The minimum atomic E-state index is -0.481. The van der Waals surface area contributed by atoms with E-state index in [0.717, 1.165) is 0 Å². The number of hydrogen-bond acceptors (Lipinski definition) is 3. The standard InChI is InChI=1S/C13H15FN4O/c1-8-5-4-6-10(12(8)14)13(19)18(3)7-11-15-9(2)16-17-11/h4-6H,7H2,1-3H3,(H,15,16,17). The van der Waals surface area contributed by atoms with Crippen LogP contribution in [0.4, 0.5) is 4.39 Å². The van der Waals surface area contributed by atoms with E-state index in [4.69, 9.17) is 0 Å². The molecule has 19 heavy (non-hydrogen) atoms. The van der Waals surface area contributed by atoms with Gasteiger partial charge in [-0.15, -0.1) is 0 Å². The largest absolute Gasteiger partial charge is 0.334 e. The second-order valence-electron chi connectivity index (χ2n) is 4.43. The van der Waals surface area contributed by atoms with E-state index in [1.807, 2.05) is 0 Å².